The molecule has 0 saturated carbocycles. The summed E-state index contributed by atoms with van der Waals surface area (Å²) in [5.41, 5.74) is 1.56. The van der Waals surface area contributed by atoms with Gasteiger partial charge in [-0.2, -0.15) is 5.10 Å². The van der Waals surface area contributed by atoms with Crippen LogP contribution in [-0.2, 0) is 10.0 Å². The highest BCUT2D eigenvalue weighted by atomic mass is 35.5. The molecule has 0 spiro atoms. The van der Waals surface area contributed by atoms with Gasteiger partial charge in [0.15, 0.2) is 0 Å². The molecule has 1 N–H and O–H groups in total. The fraction of sp³-hybridized carbons (Fsp3) is 0.125. The van der Waals surface area contributed by atoms with Gasteiger partial charge in [-0.3, -0.25) is 0 Å². The minimum absolute atomic E-state index is 0.165. The Hall–Kier alpha value is -2.29. The summed E-state index contributed by atoms with van der Waals surface area (Å²) in [5, 5.41) is 3.86. The first-order valence-corrected chi connectivity index (χ1v) is 9.15. The Morgan fingerprint density at radius 2 is 1.92 bits per heavy atom. The average molecular weight is 381 g/mol. The Labute approximate surface area is 149 Å². The van der Waals surface area contributed by atoms with Crippen LogP contribution in [0.5, 0.6) is 0 Å². The third-order valence-corrected chi connectivity index (χ3v) is 5.62. The minimum Gasteiger partial charge on any atom is -0.223 e. The number of halogens is 2. The zero-order valence-corrected chi connectivity index (χ0v) is 14.7. The van der Waals surface area contributed by atoms with Gasteiger partial charge >= 0.3 is 0 Å². The predicted octanol–water partition coefficient (Wildman–Crippen LogP) is 3.10. The lowest BCUT2D eigenvalue weighted by Crippen LogP contribution is -2.27. The third kappa shape index (κ3) is 3.87. The number of aromatic nitrogens is 3. The van der Waals surface area contributed by atoms with Gasteiger partial charge in [-0.15, -0.1) is 0 Å². The Balaban J connectivity index is 1.80. The van der Waals surface area contributed by atoms with Gasteiger partial charge in [0.05, 0.1) is 10.7 Å². The van der Waals surface area contributed by atoms with Gasteiger partial charge in [-0.1, -0.05) is 23.7 Å². The maximum absolute atomic E-state index is 13.1. The van der Waals surface area contributed by atoms with E-state index in [-0.39, 0.29) is 9.92 Å². The van der Waals surface area contributed by atoms with Crippen molar-refractivity contribution in [1.82, 2.24) is 19.5 Å². The van der Waals surface area contributed by atoms with Crippen molar-refractivity contribution < 1.29 is 12.8 Å². The second-order valence-corrected chi connectivity index (χ2v) is 7.44. The van der Waals surface area contributed by atoms with Gasteiger partial charge in [0, 0.05) is 6.04 Å². The van der Waals surface area contributed by atoms with Crippen LogP contribution in [0.2, 0.25) is 5.02 Å². The minimum atomic E-state index is -3.88. The molecule has 2 aromatic carbocycles. The number of hydrogen-bond acceptors (Lipinski definition) is 4. The van der Waals surface area contributed by atoms with E-state index in [9.17, 15) is 12.8 Å². The van der Waals surface area contributed by atoms with E-state index in [0.717, 1.165) is 29.4 Å². The zero-order chi connectivity index (χ0) is 18.0. The molecular formula is C16H14ClFN4O2S. The van der Waals surface area contributed by atoms with Crippen molar-refractivity contribution in [3.63, 3.8) is 0 Å². The second kappa shape index (κ2) is 6.91. The van der Waals surface area contributed by atoms with Gasteiger partial charge in [0.1, 0.15) is 23.4 Å². The summed E-state index contributed by atoms with van der Waals surface area (Å²) in [4.78, 5) is 3.71. The highest BCUT2D eigenvalue weighted by Crippen LogP contribution is 2.24. The quantitative estimate of drug-likeness (QED) is 0.737. The van der Waals surface area contributed by atoms with E-state index in [1.165, 1.54) is 6.33 Å². The first-order valence-electron chi connectivity index (χ1n) is 7.29. The lowest BCUT2D eigenvalue weighted by molar-refractivity contribution is 0.566. The molecule has 0 fully saturated rings. The fourth-order valence-corrected chi connectivity index (χ4v) is 4.08. The molecule has 1 unspecified atom stereocenters. The summed E-state index contributed by atoms with van der Waals surface area (Å²) in [6.07, 6.45) is 2.99. The molecule has 0 amide bonds. The first-order chi connectivity index (χ1) is 11.9. The van der Waals surface area contributed by atoms with Crippen LogP contribution in [0.1, 0.15) is 18.5 Å². The van der Waals surface area contributed by atoms with Crippen LogP contribution >= 0.6 is 11.6 Å². The molecule has 3 rings (SSSR count). The van der Waals surface area contributed by atoms with Crippen LogP contribution in [0.25, 0.3) is 5.69 Å². The molecule has 9 heteroatoms. The van der Waals surface area contributed by atoms with Gasteiger partial charge < -0.3 is 0 Å². The van der Waals surface area contributed by atoms with Crippen LogP contribution in [-0.4, -0.2) is 23.2 Å². The monoisotopic (exact) mass is 380 g/mol. The Morgan fingerprint density at radius 1 is 1.20 bits per heavy atom. The largest absolute Gasteiger partial charge is 0.242 e. The Kier molecular flexibility index (Phi) is 4.85. The predicted molar refractivity (Wildman–Crippen MR) is 91.5 cm³/mol. The lowest BCUT2D eigenvalue weighted by atomic mass is 10.1. The average Bonchev–Trinajstić information content (AvgIpc) is 3.08. The molecule has 1 aromatic heterocycles. The van der Waals surface area contributed by atoms with Crippen LogP contribution in [0.4, 0.5) is 4.39 Å². The molecule has 0 aliphatic carbocycles. The van der Waals surface area contributed by atoms with Crippen LogP contribution in [0.15, 0.2) is 60.0 Å². The van der Waals surface area contributed by atoms with Crippen molar-refractivity contribution in [1.29, 1.82) is 0 Å². The van der Waals surface area contributed by atoms with E-state index in [4.69, 9.17) is 11.6 Å². The highest BCUT2D eigenvalue weighted by Gasteiger charge is 2.21. The lowest BCUT2D eigenvalue weighted by Gasteiger charge is -2.16. The molecule has 25 heavy (non-hydrogen) atoms. The Morgan fingerprint density at radius 3 is 2.52 bits per heavy atom. The van der Waals surface area contributed by atoms with Crippen LogP contribution < -0.4 is 4.72 Å². The normalized spacial score (nSPS) is 12.9. The van der Waals surface area contributed by atoms with E-state index in [1.54, 1.807) is 42.2 Å². The molecule has 0 radical (unpaired) electrons. The molecule has 1 heterocycles. The van der Waals surface area contributed by atoms with E-state index in [1.807, 2.05) is 0 Å². The number of rotatable bonds is 5. The molecule has 1 atom stereocenters. The van der Waals surface area contributed by atoms with Crippen molar-refractivity contribution in [2.75, 3.05) is 0 Å². The standard InChI is InChI=1S/C16H14ClFN4O2S/c1-11(12-2-5-14(6-3-12)22-10-19-9-20-22)21-25(23,24)16-7-4-13(18)8-15(16)17/h2-11,21H,1H3. The summed E-state index contributed by atoms with van der Waals surface area (Å²) in [5.74, 6) is -0.597. The maximum atomic E-state index is 13.1. The van der Waals surface area contributed by atoms with Gasteiger partial charge in [-0.05, 0) is 42.8 Å². The second-order valence-electron chi connectivity index (χ2n) is 5.35. The Bertz CT molecular complexity index is 976. The smallest absolute Gasteiger partial charge is 0.223 e. The third-order valence-electron chi connectivity index (χ3n) is 3.59. The molecule has 0 saturated heterocycles. The molecule has 3 aromatic rings. The van der Waals surface area contributed by atoms with E-state index >= 15 is 0 Å². The molecule has 0 bridgehead atoms. The summed E-state index contributed by atoms with van der Waals surface area (Å²) >= 11 is 5.85. The summed E-state index contributed by atoms with van der Waals surface area (Å²) in [7, 11) is -3.88. The SMILES string of the molecule is CC(NS(=O)(=O)c1ccc(F)cc1Cl)c1ccc(-n2cncn2)cc1. The van der Waals surface area contributed by atoms with Crippen LogP contribution in [0.3, 0.4) is 0 Å². The van der Waals surface area contributed by atoms with Crippen molar-refractivity contribution in [2.45, 2.75) is 17.9 Å². The fourth-order valence-electron chi connectivity index (χ4n) is 2.31. The summed E-state index contributed by atoms with van der Waals surface area (Å²) in [6.45, 7) is 1.71. The summed E-state index contributed by atoms with van der Waals surface area (Å²) < 4.78 is 42.2. The van der Waals surface area contributed by atoms with E-state index < -0.39 is 21.9 Å². The molecule has 130 valence electrons. The van der Waals surface area contributed by atoms with Crippen LogP contribution in [0, 0.1) is 5.82 Å². The maximum Gasteiger partial charge on any atom is 0.242 e. The van der Waals surface area contributed by atoms with Gasteiger partial charge in [0.2, 0.25) is 10.0 Å². The zero-order valence-electron chi connectivity index (χ0n) is 13.1. The van der Waals surface area contributed by atoms with Crippen molar-refractivity contribution in [3.05, 3.63) is 71.5 Å². The topological polar surface area (TPSA) is 76.9 Å². The molecular weight excluding hydrogens is 367 g/mol. The van der Waals surface area contributed by atoms with Crippen molar-refractivity contribution in [2.24, 2.45) is 0 Å². The molecule has 0 aliphatic heterocycles. The highest BCUT2D eigenvalue weighted by molar-refractivity contribution is 7.89. The number of nitrogens with one attached hydrogen (secondary N) is 1. The number of sulfonamides is 1. The van der Waals surface area contributed by atoms with Crippen molar-refractivity contribution >= 4 is 21.6 Å². The van der Waals surface area contributed by atoms with Gasteiger partial charge in [-0.25, -0.2) is 27.2 Å². The number of benzene rings is 2. The van der Waals surface area contributed by atoms with Crippen molar-refractivity contribution in [3.8, 4) is 5.69 Å². The molecule has 6 nitrogen and oxygen atoms in total. The molecule has 0 aliphatic rings. The van der Waals surface area contributed by atoms with Gasteiger partial charge in [0.25, 0.3) is 0 Å². The van der Waals surface area contributed by atoms with E-state index in [0.29, 0.717) is 0 Å². The first kappa shape index (κ1) is 17.5. The number of nitrogens with zero attached hydrogens (tertiary/aromatic N) is 3. The number of hydrogen-bond donors (Lipinski definition) is 1. The van der Waals surface area contributed by atoms with E-state index in [2.05, 4.69) is 14.8 Å². The summed E-state index contributed by atoms with van der Waals surface area (Å²) in [6, 6.07) is 9.84.